The van der Waals surface area contributed by atoms with Crippen LogP contribution in [-0.4, -0.2) is 25.0 Å². The molecular formula is C22H23F2N. The fourth-order valence-electron chi connectivity index (χ4n) is 4.49. The predicted molar refractivity (Wildman–Crippen MR) is 97.5 cm³/mol. The highest BCUT2D eigenvalue weighted by Crippen LogP contribution is 2.51. The molecule has 1 aliphatic carbocycles. The lowest BCUT2D eigenvalue weighted by Crippen LogP contribution is -2.29. The Morgan fingerprint density at radius 2 is 1.56 bits per heavy atom. The molecule has 0 amide bonds. The molecule has 0 radical (unpaired) electrons. The Balaban J connectivity index is 1.89. The molecule has 25 heavy (non-hydrogen) atoms. The fourth-order valence-corrected chi connectivity index (χ4v) is 4.49. The van der Waals surface area contributed by atoms with Gasteiger partial charge in [-0.15, -0.1) is 0 Å². The van der Waals surface area contributed by atoms with E-state index < -0.39 is 0 Å². The summed E-state index contributed by atoms with van der Waals surface area (Å²) < 4.78 is 27.4. The van der Waals surface area contributed by atoms with Crippen molar-refractivity contribution < 1.29 is 8.78 Å². The molecule has 1 unspecified atom stereocenters. The lowest BCUT2D eigenvalue weighted by Gasteiger charge is -2.33. The molecule has 2 aromatic carbocycles. The Morgan fingerprint density at radius 3 is 2.24 bits per heavy atom. The van der Waals surface area contributed by atoms with E-state index in [1.54, 1.807) is 12.1 Å². The molecule has 0 saturated carbocycles. The van der Waals surface area contributed by atoms with Gasteiger partial charge in [-0.2, -0.15) is 0 Å². The molecule has 2 aliphatic rings. The summed E-state index contributed by atoms with van der Waals surface area (Å²) in [5.74, 6) is -0.407. The van der Waals surface area contributed by atoms with Gasteiger partial charge in [0.05, 0.1) is 0 Å². The van der Waals surface area contributed by atoms with Crippen LogP contribution < -0.4 is 0 Å². The molecule has 1 nitrogen and oxygen atoms in total. The Labute approximate surface area is 148 Å². The predicted octanol–water partition coefficient (Wildman–Crippen LogP) is 4.96. The van der Waals surface area contributed by atoms with E-state index in [-0.39, 0.29) is 17.0 Å². The summed E-state index contributed by atoms with van der Waals surface area (Å²) in [6.45, 7) is 4.28. The highest BCUT2D eigenvalue weighted by molar-refractivity contribution is 5.84. The van der Waals surface area contributed by atoms with Crippen LogP contribution in [0.1, 0.15) is 36.5 Å². The number of fused-ring (bicyclic) bond motifs is 1. The molecule has 0 N–H and O–H groups in total. The summed E-state index contributed by atoms with van der Waals surface area (Å²) >= 11 is 0. The van der Waals surface area contributed by atoms with Crippen LogP contribution in [0.2, 0.25) is 0 Å². The zero-order valence-corrected chi connectivity index (χ0v) is 14.8. The maximum Gasteiger partial charge on any atom is 0.123 e. The van der Waals surface area contributed by atoms with Crippen molar-refractivity contribution in [1.82, 2.24) is 4.90 Å². The second-order valence-electron chi connectivity index (χ2n) is 7.60. The zero-order valence-electron chi connectivity index (χ0n) is 14.8. The molecule has 1 atom stereocenters. The van der Waals surface area contributed by atoms with E-state index in [9.17, 15) is 8.78 Å². The van der Waals surface area contributed by atoms with E-state index in [1.165, 1.54) is 28.8 Å². The van der Waals surface area contributed by atoms with Gasteiger partial charge in [0.25, 0.3) is 0 Å². The molecule has 1 heterocycles. The molecule has 2 aromatic rings. The van der Waals surface area contributed by atoms with Crippen molar-refractivity contribution in [3.05, 3.63) is 76.4 Å². The SMILES string of the molecule is CN1CCC(=C2c3cc(F)ccc3CC2(C)c2ccc(F)cc2)CC1. The first-order valence-electron chi connectivity index (χ1n) is 8.93. The molecule has 130 valence electrons. The summed E-state index contributed by atoms with van der Waals surface area (Å²) in [5, 5.41) is 0. The van der Waals surface area contributed by atoms with Gasteiger partial charge in [0, 0.05) is 18.5 Å². The number of piperidine rings is 1. The van der Waals surface area contributed by atoms with Crippen LogP contribution >= 0.6 is 0 Å². The maximum absolute atomic E-state index is 14.0. The topological polar surface area (TPSA) is 3.24 Å². The maximum atomic E-state index is 14.0. The minimum Gasteiger partial charge on any atom is -0.306 e. The van der Waals surface area contributed by atoms with Crippen molar-refractivity contribution in [3.8, 4) is 0 Å². The first-order chi connectivity index (χ1) is 12.0. The van der Waals surface area contributed by atoms with E-state index in [0.717, 1.165) is 43.5 Å². The lowest BCUT2D eigenvalue weighted by molar-refractivity contribution is 0.312. The summed E-state index contributed by atoms with van der Waals surface area (Å²) in [6, 6.07) is 12.0. The van der Waals surface area contributed by atoms with Gasteiger partial charge in [-0.05, 0) is 72.8 Å². The largest absolute Gasteiger partial charge is 0.306 e. The Hall–Kier alpha value is -2.00. The average Bonchev–Trinajstić information content (AvgIpc) is 2.89. The number of likely N-dealkylation sites (tertiary alicyclic amines) is 1. The monoisotopic (exact) mass is 339 g/mol. The van der Waals surface area contributed by atoms with Crippen molar-refractivity contribution in [2.24, 2.45) is 0 Å². The summed E-state index contributed by atoms with van der Waals surface area (Å²) in [4.78, 5) is 2.33. The van der Waals surface area contributed by atoms with Gasteiger partial charge >= 0.3 is 0 Å². The summed E-state index contributed by atoms with van der Waals surface area (Å²) in [6.07, 6.45) is 2.86. The third-order valence-corrected chi connectivity index (χ3v) is 5.86. The number of rotatable bonds is 1. The smallest absolute Gasteiger partial charge is 0.123 e. The van der Waals surface area contributed by atoms with E-state index in [2.05, 4.69) is 18.9 Å². The summed E-state index contributed by atoms with van der Waals surface area (Å²) in [5.41, 5.74) is 5.80. The van der Waals surface area contributed by atoms with Gasteiger partial charge in [-0.1, -0.05) is 30.7 Å². The number of nitrogens with zero attached hydrogens (tertiary/aromatic N) is 1. The van der Waals surface area contributed by atoms with Crippen molar-refractivity contribution >= 4 is 5.57 Å². The third-order valence-electron chi connectivity index (χ3n) is 5.86. The molecule has 0 bridgehead atoms. The molecule has 1 fully saturated rings. The van der Waals surface area contributed by atoms with Crippen LogP contribution in [0.5, 0.6) is 0 Å². The number of hydrogen-bond donors (Lipinski definition) is 0. The van der Waals surface area contributed by atoms with E-state index in [4.69, 9.17) is 0 Å². The van der Waals surface area contributed by atoms with Gasteiger partial charge in [0.1, 0.15) is 11.6 Å². The van der Waals surface area contributed by atoms with Crippen molar-refractivity contribution in [3.63, 3.8) is 0 Å². The lowest BCUT2D eigenvalue weighted by atomic mass is 9.73. The molecule has 0 spiro atoms. The van der Waals surface area contributed by atoms with Gasteiger partial charge in [-0.3, -0.25) is 0 Å². The number of hydrogen-bond acceptors (Lipinski definition) is 1. The quantitative estimate of drug-likeness (QED) is 0.710. The van der Waals surface area contributed by atoms with Crippen LogP contribution in [0, 0.1) is 11.6 Å². The second-order valence-corrected chi connectivity index (χ2v) is 7.60. The fraction of sp³-hybridized carbons (Fsp3) is 0.364. The molecule has 1 aliphatic heterocycles. The third kappa shape index (κ3) is 2.81. The average molecular weight is 339 g/mol. The van der Waals surface area contributed by atoms with Crippen LogP contribution in [0.4, 0.5) is 8.78 Å². The van der Waals surface area contributed by atoms with Gasteiger partial charge in [0.2, 0.25) is 0 Å². The van der Waals surface area contributed by atoms with Crippen LogP contribution in [0.3, 0.4) is 0 Å². The van der Waals surface area contributed by atoms with Crippen molar-refractivity contribution in [2.45, 2.75) is 31.6 Å². The number of halogens is 2. The number of benzene rings is 2. The number of allylic oxidation sites excluding steroid dienone is 1. The zero-order chi connectivity index (χ0) is 17.6. The first kappa shape index (κ1) is 16.5. The van der Waals surface area contributed by atoms with Gasteiger partial charge < -0.3 is 4.90 Å². The van der Waals surface area contributed by atoms with Crippen LogP contribution in [0.15, 0.2) is 48.0 Å². The Bertz CT molecular complexity index is 828. The van der Waals surface area contributed by atoms with Crippen LogP contribution in [-0.2, 0) is 11.8 Å². The second kappa shape index (κ2) is 6.06. The molecule has 1 saturated heterocycles. The van der Waals surface area contributed by atoms with Gasteiger partial charge in [-0.25, -0.2) is 8.78 Å². The minimum atomic E-state index is -0.227. The van der Waals surface area contributed by atoms with E-state index in [0.29, 0.717) is 0 Å². The van der Waals surface area contributed by atoms with E-state index >= 15 is 0 Å². The molecule has 3 heteroatoms. The van der Waals surface area contributed by atoms with Crippen molar-refractivity contribution in [1.29, 1.82) is 0 Å². The Morgan fingerprint density at radius 1 is 0.920 bits per heavy atom. The molecular weight excluding hydrogens is 316 g/mol. The summed E-state index contributed by atoms with van der Waals surface area (Å²) in [7, 11) is 2.14. The molecule has 4 rings (SSSR count). The highest BCUT2D eigenvalue weighted by atomic mass is 19.1. The highest BCUT2D eigenvalue weighted by Gasteiger charge is 2.41. The normalized spacial score (nSPS) is 23.8. The first-order valence-corrected chi connectivity index (χ1v) is 8.93. The van der Waals surface area contributed by atoms with E-state index in [1.807, 2.05) is 18.2 Å². The van der Waals surface area contributed by atoms with Crippen molar-refractivity contribution in [2.75, 3.05) is 20.1 Å². The van der Waals surface area contributed by atoms with Crippen LogP contribution in [0.25, 0.3) is 5.57 Å². The van der Waals surface area contributed by atoms with Gasteiger partial charge in [0.15, 0.2) is 0 Å². The molecule has 0 aromatic heterocycles. The Kier molecular flexibility index (Phi) is 3.99. The minimum absolute atomic E-state index is 0.187. The standard InChI is InChI=1S/C22H23F2N/c1-22(17-4-7-18(23)8-5-17)14-16-3-6-19(24)13-20(16)21(22)15-9-11-25(2)12-10-15/h3-8,13H,9-12,14H2,1-2H3.